The molecule has 0 aliphatic rings. The van der Waals surface area contributed by atoms with E-state index in [1.807, 2.05) is 20.8 Å². The average Bonchev–Trinajstić information content (AvgIpc) is 2.85. The van der Waals surface area contributed by atoms with Crippen LogP contribution < -0.4 is 4.72 Å². The minimum absolute atomic E-state index is 0.0921. The molecule has 0 aromatic carbocycles. The largest absolute Gasteiger partial charge is 0.338 e. The van der Waals surface area contributed by atoms with Crippen molar-refractivity contribution in [3.05, 3.63) is 28.2 Å². The molecule has 0 radical (unpaired) electrons. The first kappa shape index (κ1) is 14.4. The van der Waals surface area contributed by atoms with Crippen molar-refractivity contribution in [2.75, 3.05) is 4.72 Å². The van der Waals surface area contributed by atoms with Gasteiger partial charge < -0.3 is 4.52 Å². The van der Waals surface area contributed by atoms with Gasteiger partial charge in [-0.2, -0.15) is 0 Å². The van der Waals surface area contributed by atoms with Gasteiger partial charge in [0.15, 0.2) is 0 Å². The van der Waals surface area contributed by atoms with Crippen LogP contribution in [0.25, 0.3) is 0 Å². The monoisotopic (exact) mass is 320 g/mol. The minimum atomic E-state index is -3.67. The Kier molecular flexibility index (Phi) is 3.63. The summed E-state index contributed by atoms with van der Waals surface area (Å²) in [6.45, 7) is 5.88. The summed E-state index contributed by atoms with van der Waals surface area (Å²) in [5.41, 5.74) is 0.466. The van der Waals surface area contributed by atoms with Gasteiger partial charge in [-0.15, -0.1) is 11.3 Å². The van der Waals surface area contributed by atoms with E-state index in [9.17, 15) is 8.42 Å². The molecule has 0 amide bonds. The second-order valence-corrected chi connectivity index (χ2v) is 8.61. The van der Waals surface area contributed by atoms with Crippen LogP contribution in [0.1, 0.15) is 26.5 Å². The standard InChI is InChI=1S/C11H13ClN2O3S2/c1-11(2,3)7-6-9(17-13-7)14-19(15,16)10-5-4-8(12)18-10/h4-6,14H,1-3H3. The Morgan fingerprint density at radius 1 is 1.37 bits per heavy atom. The van der Waals surface area contributed by atoms with Crippen molar-refractivity contribution in [1.82, 2.24) is 5.16 Å². The molecule has 0 fully saturated rings. The van der Waals surface area contributed by atoms with Crippen LogP contribution in [0.2, 0.25) is 4.34 Å². The Hall–Kier alpha value is -1.05. The molecule has 0 atom stereocenters. The van der Waals surface area contributed by atoms with E-state index < -0.39 is 10.0 Å². The number of hydrogen-bond donors (Lipinski definition) is 1. The summed E-state index contributed by atoms with van der Waals surface area (Å²) < 4.78 is 31.9. The number of nitrogens with zero attached hydrogens (tertiary/aromatic N) is 1. The van der Waals surface area contributed by atoms with E-state index in [1.54, 1.807) is 6.07 Å². The second kappa shape index (κ2) is 4.81. The predicted octanol–water partition coefficient (Wildman–Crippen LogP) is 3.49. The summed E-state index contributed by atoms with van der Waals surface area (Å²) in [6, 6.07) is 4.55. The molecule has 0 saturated carbocycles. The van der Waals surface area contributed by atoms with E-state index in [0.29, 0.717) is 10.0 Å². The lowest BCUT2D eigenvalue weighted by Crippen LogP contribution is -2.12. The molecule has 8 heteroatoms. The van der Waals surface area contributed by atoms with Crippen LogP contribution in [-0.2, 0) is 15.4 Å². The van der Waals surface area contributed by atoms with Crippen LogP contribution in [-0.4, -0.2) is 13.6 Å². The minimum Gasteiger partial charge on any atom is -0.338 e. The zero-order valence-corrected chi connectivity index (χ0v) is 13.0. The molecule has 19 heavy (non-hydrogen) atoms. The molecule has 0 saturated heterocycles. The van der Waals surface area contributed by atoms with E-state index in [2.05, 4.69) is 9.88 Å². The van der Waals surface area contributed by atoms with Gasteiger partial charge >= 0.3 is 0 Å². The molecule has 0 spiro atoms. The summed E-state index contributed by atoms with van der Waals surface area (Å²) in [7, 11) is -3.67. The second-order valence-electron chi connectivity index (χ2n) is 4.99. The van der Waals surface area contributed by atoms with Gasteiger partial charge in [0.1, 0.15) is 4.21 Å². The van der Waals surface area contributed by atoms with Crippen LogP contribution in [0, 0.1) is 0 Å². The first-order valence-corrected chi connectivity index (χ1v) is 8.11. The van der Waals surface area contributed by atoms with E-state index >= 15 is 0 Å². The first-order valence-electron chi connectivity index (χ1n) is 5.44. The zero-order valence-electron chi connectivity index (χ0n) is 10.6. The lowest BCUT2D eigenvalue weighted by atomic mass is 9.92. The predicted molar refractivity (Wildman–Crippen MR) is 75.3 cm³/mol. The van der Waals surface area contributed by atoms with Crippen molar-refractivity contribution < 1.29 is 12.9 Å². The van der Waals surface area contributed by atoms with Crippen molar-refractivity contribution in [2.24, 2.45) is 0 Å². The summed E-state index contributed by atoms with van der Waals surface area (Å²) in [5, 5.41) is 3.85. The Labute approximate surface area is 120 Å². The number of aromatic nitrogens is 1. The molecular weight excluding hydrogens is 308 g/mol. The lowest BCUT2D eigenvalue weighted by Gasteiger charge is -2.12. The Morgan fingerprint density at radius 2 is 2.05 bits per heavy atom. The number of sulfonamides is 1. The lowest BCUT2D eigenvalue weighted by molar-refractivity contribution is 0.405. The van der Waals surface area contributed by atoms with Crippen LogP contribution >= 0.6 is 22.9 Å². The normalized spacial score (nSPS) is 12.6. The van der Waals surface area contributed by atoms with E-state index in [0.717, 1.165) is 11.3 Å². The zero-order chi connectivity index (χ0) is 14.3. The number of hydrogen-bond acceptors (Lipinski definition) is 5. The van der Waals surface area contributed by atoms with Crippen molar-refractivity contribution in [3.63, 3.8) is 0 Å². The summed E-state index contributed by atoms with van der Waals surface area (Å²) in [5.74, 6) is 0.0921. The fourth-order valence-electron chi connectivity index (χ4n) is 1.30. The van der Waals surface area contributed by atoms with Gasteiger partial charge in [0.2, 0.25) is 5.88 Å². The molecule has 0 aliphatic heterocycles. The summed E-state index contributed by atoms with van der Waals surface area (Å²) in [4.78, 5) is 0. The molecule has 2 aromatic rings. The van der Waals surface area contributed by atoms with Gasteiger partial charge in [0, 0.05) is 11.5 Å². The van der Waals surface area contributed by atoms with E-state index in [-0.39, 0.29) is 15.5 Å². The van der Waals surface area contributed by atoms with Gasteiger partial charge in [-0.05, 0) is 12.1 Å². The van der Waals surface area contributed by atoms with Crippen molar-refractivity contribution in [1.29, 1.82) is 0 Å². The molecule has 1 N–H and O–H groups in total. The SMILES string of the molecule is CC(C)(C)c1cc(NS(=O)(=O)c2ccc(Cl)s2)on1. The Bertz CT molecular complexity index is 683. The van der Waals surface area contributed by atoms with Gasteiger partial charge in [-0.3, -0.25) is 0 Å². The number of rotatable bonds is 3. The number of nitrogens with one attached hydrogen (secondary N) is 1. The summed E-state index contributed by atoms with van der Waals surface area (Å²) in [6.07, 6.45) is 0. The molecule has 2 aromatic heterocycles. The van der Waals surface area contributed by atoms with Gasteiger partial charge in [0.25, 0.3) is 10.0 Å². The highest BCUT2D eigenvalue weighted by Crippen LogP contribution is 2.29. The molecule has 0 aliphatic carbocycles. The number of thiophene rings is 1. The highest BCUT2D eigenvalue weighted by molar-refractivity contribution is 7.94. The third kappa shape index (κ3) is 3.29. The molecule has 2 heterocycles. The fraction of sp³-hybridized carbons (Fsp3) is 0.364. The van der Waals surface area contributed by atoms with Crippen LogP contribution in [0.3, 0.4) is 0 Å². The van der Waals surface area contributed by atoms with Crippen molar-refractivity contribution in [2.45, 2.75) is 30.4 Å². The highest BCUT2D eigenvalue weighted by Gasteiger charge is 2.22. The molecule has 5 nitrogen and oxygen atoms in total. The quantitative estimate of drug-likeness (QED) is 0.939. The molecule has 104 valence electrons. The van der Waals surface area contributed by atoms with Crippen LogP contribution in [0.5, 0.6) is 0 Å². The average molecular weight is 321 g/mol. The number of halogens is 1. The maximum absolute atomic E-state index is 12.0. The van der Waals surface area contributed by atoms with E-state index in [4.69, 9.17) is 16.1 Å². The highest BCUT2D eigenvalue weighted by atomic mass is 35.5. The molecule has 2 rings (SSSR count). The fourth-order valence-corrected chi connectivity index (χ4v) is 3.76. The van der Waals surface area contributed by atoms with Crippen LogP contribution in [0.15, 0.2) is 26.9 Å². The third-order valence-corrected chi connectivity index (χ3v) is 5.40. The molecular formula is C11H13ClN2O3S2. The van der Waals surface area contributed by atoms with Gasteiger partial charge in [0.05, 0.1) is 10.0 Å². The van der Waals surface area contributed by atoms with E-state index in [1.165, 1.54) is 12.1 Å². The van der Waals surface area contributed by atoms with Crippen molar-refractivity contribution >= 4 is 38.8 Å². The Morgan fingerprint density at radius 3 is 2.53 bits per heavy atom. The van der Waals surface area contributed by atoms with Crippen LogP contribution in [0.4, 0.5) is 5.88 Å². The maximum atomic E-state index is 12.0. The smallest absolute Gasteiger partial charge is 0.273 e. The number of anilines is 1. The van der Waals surface area contributed by atoms with Gasteiger partial charge in [-0.25, -0.2) is 13.1 Å². The molecule has 0 unspecified atom stereocenters. The Balaban J connectivity index is 2.24. The first-order chi connectivity index (χ1) is 8.68. The topological polar surface area (TPSA) is 72.2 Å². The van der Waals surface area contributed by atoms with Gasteiger partial charge in [-0.1, -0.05) is 37.5 Å². The van der Waals surface area contributed by atoms with Crippen molar-refractivity contribution in [3.8, 4) is 0 Å². The summed E-state index contributed by atoms with van der Waals surface area (Å²) >= 11 is 6.70. The molecule has 0 bridgehead atoms. The maximum Gasteiger partial charge on any atom is 0.273 e. The third-order valence-electron chi connectivity index (χ3n) is 2.33.